The van der Waals surface area contributed by atoms with Crippen molar-refractivity contribution in [3.63, 3.8) is 0 Å². The second-order valence-electron chi connectivity index (χ2n) is 6.39. The second kappa shape index (κ2) is 10.8. The average molecular weight is 269 g/mol. The van der Waals surface area contributed by atoms with E-state index >= 15 is 0 Å². The van der Waals surface area contributed by atoms with Gasteiger partial charge in [-0.15, -0.1) is 0 Å². The van der Waals surface area contributed by atoms with Crippen LogP contribution in [0, 0.1) is 0 Å². The van der Waals surface area contributed by atoms with Crippen LogP contribution in [0.25, 0.3) is 0 Å². The zero-order chi connectivity index (χ0) is 13.3. The minimum Gasteiger partial charge on any atom is -0.321 e. The van der Waals surface area contributed by atoms with E-state index in [0.717, 1.165) is 6.04 Å². The van der Waals surface area contributed by atoms with Gasteiger partial charge in [0, 0.05) is 0 Å². The van der Waals surface area contributed by atoms with Gasteiger partial charge in [-0.2, -0.15) is 0 Å². The van der Waals surface area contributed by atoms with Crippen LogP contribution in [0.3, 0.4) is 0 Å². The van der Waals surface area contributed by atoms with Gasteiger partial charge < -0.3 is 4.48 Å². The highest BCUT2D eigenvalue weighted by atomic mass is 15.4. The standard InChI is InChI=1S/C17H36N.BH4/c1-4-7-14-18(15-8-5-2,16-9-6-3)17-12-10-11-13-17;/h17H,4-16H2,1-3H3;1H4/q+1;-1. The molecule has 0 aliphatic heterocycles. The molecule has 116 valence electrons. The van der Waals surface area contributed by atoms with Gasteiger partial charge in [0.05, 0.1) is 25.7 Å². The van der Waals surface area contributed by atoms with E-state index in [1.54, 1.807) is 0 Å². The summed E-state index contributed by atoms with van der Waals surface area (Å²) >= 11 is 0. The monoisotopic (exact) mass is 269 g/mol. The van der Waals surface area contributed by atoms with Crippen molar-refractivity contribution in [2.24, 2.45) is 0 Å². The Labute approximate surface area is 124 Å². The normalized spacial score (nSPS) is 16.6. The molecule has 0 heterocycles. The third-order valence-corrected chi connectivity index (χ3v) is 4.97. The van der Waals surface area contributed by atoms with Gasteiger partial charge in [-0.1, -0.05) is 48.4 Å². The molecule has 0 spiro atoms. The lowest BCUT2D eigenvalue weighted by atomic mass is 10.1. The summed E-state index contributed by atoms with van der Waals surface area (Å²) in [6, 6.07) is 1.01. The number of unbranched alkanes of at least 4 members (excludes halogenated alkanes) is 3. The van der Waals surface area contributed by atoms with Crippen molar-refractivity contribution in [1.82, 2.24) is 0 Å². The number of hydrogen-bond donors (Lipinski definition) is 0. The van der Waals surface area contributed by atoms with E-state index in [0.29, 0.717) is 0 Å². The molecule has 19 heavy (non-hydrogen) atoms. The van der Waals surface area contributed by atoms with E-state index in [2.05, 4.69) is 20.8 Å². The van der Waals surface area contributed by atoms with Crippen molar-refractivity contribution in [2.45, 2.75) is 91.0 Å². The smallest absolute Gasteiger partial charge is 0.0890 e. The van der Waals surface area contributed by atoms with Crippen LogP contribution in [0.5, 0.6) is 0 Å². The Hall–Kier alpha value is 0.0249. The molecule has 2 heteroatoms. The summed E-state index contributed by atoms with van der Waals surface area (Å²) in [6.07, 6.45) is 14.4. The van der Waals surface area contributed by atoms with Gasteiger partial charge in [0.1, 0.15) is 0 Å². The summed E-state index contributed by atoms with van der Waals surface area (Å²) < 4.78 is 1.48. The Bertz CT molecular complexity index is 178. The lowest BCUT2D eigenvalue weighted by molar-refractivity contribution is -0.951. The molecule has 1 nitrogen and oxygen atoms in total. The van der Waals surface area contributed by atoms with Crippen molar-refractivity contribution in [1.29, 1.82) is 0 Å². The molecule has 0 unspecified atom stereocenters. The maximum absolute atomic E-state index is 2.35. The molecular weight excluding hydrogens is 229 g/mol. The van der Waals surface area contributed by atoms with Crippen molar-refractivity contribution in [3.05, 3.63) is 0 Å². The van der Waals surface area contributed by atoms with Gasteiger partial charge >= 0.3 is 0 Å². The van der Waals surface area contributed by atoms with Crippen LogP contribution in [-0.4, -0.2) is 38.6 Å². The summed E-state index contributed by atoms with van der Waals surface area (Å²) in [5.41, 5.74) is 0. The predicted octanol–water partition coefficient (Wildman–Crippen LogP) is 3.69. The van der Waals surface area contributed by atoms with Gasteiger partial charge in [0.25, 0.3) is 0 Å². The van der Waals surface area contributed by atoms with E-state index < -0.39 is 0 Å². The minimum atomic E-state index is 0. The van der Waals surface area contributed by atoms with Gasteiger partial charge in [0.2, 0.25) is 0 Å². The third-order valence-electron chi connectivity index (χ3n) is 4.97. The number of hydrogen-bond acceptors (Lipinski definition) is 0. The SMILES string of the molecule is CCCC[N+](CCCC)(CCCC)C1CCCC1.[BH4-]. The first-order valence-electron chi connectivity index (χ1n) is 8.64. The largest absolute Gasteiger partial charge is 0.321 e. The lowest BCUT2D eigenvalue weighted by Gasteiger charge is -2.44. The molecule has 0 bridgehead atoms. The summed E-state index contributed by atoms with van der Waals surface area (Å²) in [6.45, 7) is 11.4. The first kappa shape index (κ1) is 19.0. The fourth-order valence-corrected chi connectivity index (χ4v) is 3.75. The summed E-state index contributed by atoms with van der Waals surface area (Å²) in [7, 11) is 0. The molecule has 0 atom stereocenters. The predicted molar refractivity (Wildman–Crippen MR) is 93.2 cm³/mol. The van der Waals surface area contributed by atoms with Crippen LogP contribution in [-0.2, 0) is 0 Å². The third kappa shape index (κ3) is 5.89. The topological polar surface area (TPSA) is 0 Å². The van der Waals surface area contributed by atoms with Gasteiger partial charge in [-0.25, -0.2) is 0 Å². The minimum absolute atomic E-state index is 0. The quantitative estimate of drug-likeness (QED) is 0.419. The van der Waals surface area contributed by atoms with Crippen LogP contribution >= 0.6 is 0 Å². The number of rotatable bonds is 10. The molecule has 1 fully saturated rings. The molecule has 1 aliphatic carbocycles. The van der Waals surface area contributed by atoms with E-state index in [9.17, 15) is 0 Å². The van der Waals surface area contributed by atoms with E-state index in [-0.39, 0.29) is 8.41 Å². The molecule has 0 amide bonds. The molecule has 0 aromatic carbocycles. The molecule has 0 radical (unpaired) electrons. The van der Waals surface area contributed by atoms with Crippen LogP contribution < -0.4 is 0 Å². The number of nitrogens with zero attached hydrogens (tertiary/aromatic N) is 1. The first-order chi connectivity index (χ1) is 8.79. The Morgan fingerprint density at radius 1 is 0.737 bits per heavy atom. The van der Waals surface area contributed by atoms with Crippen LogP contribution in [0.2, 0.25) is 0 Å². The first-order valence-corrected chi connectivity index (χ1v) is 8.64. The fourth-order valence-electron chi connectivity index (χ4n) is 3.75. The molecule has 1 aliphatic rings. The van der Waals surface area contributed by atoms with Crippen LogP contribution in [0.4, 0.5) is 0 Å². The Morgan fingerprint density at radius 3 is 1.42 bits per heavy atom. The van der Waals surface area contributed by atoms with Crippen LogP contribution in [0.1, 0.15) is 85.0 Å². The van der Waals surface area contributed by atoms with Crippen molar-refractivity contribution in [3.8, 4) is 0 Å². The van der Waals surface area contributed by atoms with E-state index in [1.807, 2.05) is 0 Å². The van der Waals surface area contributed by atoms with E-state index in [4.69, 9.17) is 0 Å². The zero-order valence-corrected chi connectivity index (χ0v) is 13.2. The molecular formula is C17H40BN. The average Bonchev–Trinajstić information content (AvgIpc) is 2.93. The highest BCUT2D eigenvalue weighted by molar-refractivity contribution is 5.75. The van der Waals surface area contributed by atoms with Gasteiger partial charge in [0.15, 0.2) is 0 Å². The fraction of sp³-hybridized carbons (Fsp3) is 1.00. The molecule has 0 aromatic rings. The Morgan fingerprint density at radius 2 is 1.11 bits per heavy atom. The summed E-state index contributed by atoms with van der Waals surface area (Å²) in [5.74, 6) is 0. The number of quaternary nitrogens is 1. The highest BCUT2D eigenvalue weighted by Gasteiger charge is 2.36. The van der Waals surface area contributed by atoms with Crippen molar-refractivity contribution in [2.75, 3.05) is 19.6 Å². The molecule has 1 rings (SSSR count). The van der Waals surface area contributed by atoms with Gasteiger partial charge in [-0.05, 0) is 44.9 Å². The lowest BCUT2D eigenvalue weighted by Crippen LogP contribution is -2.56. The Balaban J connectivity index is 0.00000324. The Kier molecular flexibility index (Phi) is 10.8. The van der Waals surface area contributed by atoms with E-state index in [1.165, 1.54) is 88.3 Å². The highest BCUT2D eigenvalue weighted by Crippen LogP contribution is 2.31. The van der Waals surface area contributed by atoms with Crippen LogP contribution in [0.15, 0.2) is 0 Å². The molecule has 0 saturated heterocycles. The molecule has 1 saturated carbocycles. The second-order valence-corrected chi connectivity index (χ2v) is 6.39. The zero-order valence-electron chi connectivity index (χ0n) is 13.2. The summed E-state index contributed by atoms with van der Waals surface area (Å²) in [4.78, 5) is 0. The van der Waals surface area contributed by atoms with Crippen molar-refractivity contribution < 1.29 is 4.48 Å². The molecule has 0 N–H and O–H groups in total. The molecule has 0 aromatic heterocycles. The van der Waals surface area contributed by atoms with Crippen molar-refractivity contribution >= 4 is 8.41 Å². The maximum atomic E-state index is 2.35. The van der Waals surface area contributed by atoms with Gasteiger partial charge in [-0.3, -0.25) is 0 Å². The summed E-state index contributed by atoms with van der Waals surface area (Å²) in [5, 5.41) is 0. The maximum Gasteiger partial charge on any atom is 0.0890 e.